The molecule has 0 unspecified atom stereocenters. The van der Waals surface area contributed by atoms with E-state index in [1.165, 1.54) is 42.5 Å². The van der Waals surface area contributed by atoms with Crippen molar-refractivity contribution in [1.82, 2.24) is 0 Å². The lowest BCUT2D eigenvalue weighted by Gasteiger charge is -2.12. The minimum atomic E-state index is -4.03. The minimum Gasteiger partial charge on any atom is -0.280 e. The summed E-state index contributed by atoms with van der Waals surface area (Å²) in [7, 11) is -11.4. The maximum atomic E-state index is 12.7. The molecule has 1 fully saturated rings. The molecule has 11 heteroatoms. The van der Waals surface area contributed by atoms with E-state index in [9.17, 15) is 25.3 Å². The largest absolute Gasteiger partial charge is 0.280 e. The predicted octanol–water partition coefficient (Wildman–Crippen LogP) is 2.10. The van der Waals surface area contributed by atoms with Crippen LogP contribution in [0.4, 0.5) is 5.69 Å². The van der Waals surface area contributed by atoms with E-state index in [2.05, 4.69) is 4.72 Å². The summed E-state index contributed by atoms with van der Waals surface area (Å²) in [6.45, 7) is 0. The van der Waals surface area contributed by atoms with Gasteiger partial charge in [0.25, 0.3) is 10.0 Å². The number of nitrogens with one attached hydrogen (secondary N) is 1. The molecule has 0 radical (unpaired) electrons. The summed E-state index contributed by atoms with van der Waals surface area (Å²) in [5.41, 5.74) is 0.273. The van der Waals surface area contributed by atoms with E-state index < -0.39 is 40.7 Å². The third-order valence-corrected chi connectivity index (χ3v) is 9.97. The molecule has 7 nitrogen and oxygen atoms in total. The molecule has 0 saturated carbocycles. The van der Waals surface area contributed by atoms with E-state index in [1.54, 1.807) is 0 Å². The molecule has 0 bridgehead atoms. The fourth-order valence-corrected chi connectivity index (χ4v) is 8.46. The molecule has 1 saturated heterocycles. The summed E-state index contributed by atoms with van der Waals surface area (Å²) in [6.07, 6.45) is 0.00463. The van der Waals surface area contributed by atoms with Gasteiger partial charge in [-0.25, -0.2) is 25.3 Å². The van der Waals surface area contributed by atoms with Crippen LogP contribution in [0.5, 0.6) is 0 Å². The maximum absolute atomic E-state index is 12.7. The highest BCUT2D eigenvalue weighted by Crippen LogP contribution is 2.27. The summed E-state index contributed by atoms with van der Waals surface area (Å²) in [4.78, 5) is -0.456. The smallest absolute Gasteiger partial charge is 0.261 e. The van der Waals surface area contributed by atoms with Crippen LogP contribution in [0.1, 0.15) is 6.42 Å². The Morgan fingerprint density at radius 1 is 0.963 bits per heavy atom. The zero-order valence-corrected chi connectivity index (χ0v) is 17.1. The van der Waals surface area contributed by atoms with Crippen LogP contribution in [-0.2, 0) is 29.7 Å². The highest BCUT2D eigenvalue weighted by Gasteiger charge is 2.38. The Hall–Kier alpha value is -1.62. The quantitative estimate of drug-likeness (QED) is 0.747. The molecular weight excluding hydrogens is 434 g/mol. The fraction of sp³-hybridized carbons (Fsp3) is 0.250. The van der Waals surface area contributed by atoms with Gasteiger partial charge in [0.15, 0.2) is 19.7 Å². The first-order valence-corrected chi connectivity index (χ1v) is 13.1. The number of hydrogen-bond donors (Lipinski definition) is 1. The van der Waals surface area contributed by atoms with Gasteiger partial charge in [-0.3, -0.25) is 4.72 Å². The van der Waals surface area contributed by atoms with Crippen molar-refractivity contribution in [3.8, 4) is 0 Å². The Morgan fingerprint density at radius 2 is 1.59 bits per heavy atom. The van der Waals surface area contributed by atoms with Crippen LogP contribution in [0.2, 0.25) is 5.02 Å². The second kappa shape index (κ2) is 7.08. The molecule has 1 atom stereocenters. The molecular formula is C16H16ClNO6S3. The Morgan fingerprint density at radius 3 is 2.19 bits per heavy atom. The number of hydrogen-bond acceptors (Lipinski definition) is 6. The Bertz CT molecular complexity index is 1170. The number of sulfonamides is 1. The van der Waals surface area contributed by atoms with Crippen LogP contribution in [-0.4, -0.2) is 42.0 Å². The zero-order chi connectivity index (χ0) is 19.9. The SMILES string of the molecule is O=S1(=O)CC[C@H](S(=O)(=O)c2cccc(S(=O)(=O)Nc3ccc(Cl)cc3)c2)C1. The standard InChI is InChI=1S/C16H16ClNO6S3/c17-12-4-6-13(7-5-12)18-27(23,24)15-3-1-2-14(10-15)26(21,22)16-8-9-25(19,20)11-16/h1-7,10,16,18H,8-9,11H2/t16-/m0/s1. The molecule has 146 valence electrons. The van der Waals surface area contributed by atoms with E-state index in [0.29, 0.717) is 5.02 Å². The van der Waals surface area contributed by atoms with Crippen molar-refractivity contribution in [2.24, 2.45) is 0 Å². The first-order valence-electron chi connectivity index (χ1n) is 7.82. The van der Waals surface area contributed by atoms with Gasteiger partial charge < -0.3 is 0 Å². The fourth-order valence-electron chi connectivity index (χ4n) is 2.75. The van der Waals surface area contributed by atoms with Gasteiger partial charge >= 0.3 is 0 Å². The second-order valence-corrected chi connectivity index (χ2v) is 12.7. The van der Waals surface area contributed by atoms with Gasteiger partial charge in [0.05, 0.1) is 26.5 Å². The number of sulfone groups is 2. The van der Waals surface area contributed by atoms with Crippen molar-refractivity contribution in [3.05, 3.63) is 53.6 Å². The molecule has 2 aromatic rings. The van der Waals surface area contributed by atoms with Gasteiger partial charge in [-0.15, -0.1) is 0 Å². The van der Waals surface area contributed by atoms with Crippen molar-refractivity contribution in [1.29, 1.82) is 0 Å². The molecule has 1 aliphatic heterocycles. The van der Waals surface area contributed by atoms with Crippen molar-refractivity contribution in [3.63, 3.8) is 0 Å². The topological polar surface area (TPSA) is 114 Å². The van der Waals surface area contributed by atoms with E-state index in [1.807, 2.05) is 0 Å². The van der Waals surface area contributed by atoms with Crippen LogP contribution >= 0.6 is 11.6 Å². The van der Waals surface area contributed by atoms with Crippen molar-refractivity contribution in [2.45, 2.75) is 21.5 Å². The molecule has 2 aromatic carbocycles. The third-order valence-electron chi connectivity index (χ3n) is 4.17. The Kier molecular flexibility index (Phi) is 5.28. The molecule has 1 N–H and O–H groups in total. The minimum absolute atomic E-state index is 0.00463. The molecule has 0 spiro atoms. The summed E-state index contributed by atoms with van der Waals surface area (Å²) in [6, 6.07) is 10.9. The van der Waals surface area contributed by atoms with Gasteiger partial charge in [-0.2, -0.15) is 0 Å². The van der Waals surface area contributed by atoms with E-state index in [-0.39, 0.29) is 27.7 Å². The highest BCUT2D eigenvalue weighted by atomic mass is 35.5. The molecule has 0 aliphatic carbocycles. The molecule has 3 rings (SSSR count). The first-order chi connectivity index (χ1) is 12.5. The molecule has 1 heterocycles. The van der Waals surface area contributed by atoms with Crippen molar-refractivity contribution < 1.29 is 25.3 Å². The number of halogens is 1. The molecule has 0 aromatic heterocycles. The number of anilines is 1. The van der Waals surface area contributed by atoms with Gasteiger partial charge in [-0.1, -0.05) is 17.7 Å². The van der Waals surface area contributed by atoms with E-state index in [0.717, 1.165) is 6.07 Å². The van der Waals surface area contributed by atoms with Crippen LogP contribution in [0.25, 0.3) is 0 Å². The van der Waals surface area contributed by atoms with Crippen LogP contribution < -0.4 is 4.72 Å². The van der Waals surface area contributed by atoms with E-state index >= 15 is 0 Å². The summed E-state index contributed by atoms with van der Waals surface area (Å²) >= 11 is 5.77. The average molecular weight is 450 g/mol. The van der Waals surface area contributed by atoms with Crippen molar-refractivity contribution >= 4 is 47.0 Å². The normalized spacial score (nSPS) is 19.7. The van der Waals surface area contributed by atoms with Gasteiger partial charge in [-0.05, 0) is 48.9 Å². The highest BCUT2D eigenvalue weighted by molar-refractivity contribution is 7.96. The third kappa shape index (κ3) is 4.45. The average Bonchev–Trinajstić information content (AvgIpc) is 2.98. The maximum Gasteiger partial charge on any atom is 0.261 e. The van der Waals surface area contributed by atoms with Crippen LogP contribution in [0, 0.1) is 0 Å². The van der Waals surface area contributed by atoms with Gasteiger partial charge in [0, 0.05) is 10.7 Å². The Labute approximate surface area is 163 Å². The number of rotatable bonds is 5. The predicted molar refractivity (Wildman–Crippen MR) is 103 cm³/mol. The second-order valence-electron chi connectivity index (χ2n) is 6.16. The van der Waals surface area contributed by atoms with Gasteiger partial charge in [0.2, 0.25) is 0 Å². The van der Waals surface area contributed by atoms with Crippen LogP contribution in [0.3, 0.4) is 0 Å². The monoisotopic (exact) mass is 449 g/mol. The summed E-state index contributed by atoms with van der Waals surface area (Å²) < 4.78 is 76.0. The zero-order valence-electron chi connectivity index (χ0n) is 13.9. The lowest BCUT2D eigenvalue weighted by molar-refractivity contribution is 0.582. The molecule has 1 aliphatic rings. The summed E-state index contributed by atoms with van der Waals surface area (Å²) in [5.74, 6) is -0.637. The van der Waals surface area contributed by atoms with Crippen molar-refractivity contribution in [2.75, 3.05) is 16.2 Å². The molecule has 27 heavy (non-hydrogen) atoms. The first kappa shape index (κ1) is 20.1. The lowest BCUT2D eigenvalue weighted by atomic mass is 10.3. The lowest BCUT2D eigenvalue weighted by Crippen LogP contribution is -2.23. The van der Waals surface area contributed by atoms with E-state index in [4.69, 9.17) is 11.6 Å². The van der Waals surface area contributed by atoms with Gasteiger partial charge in [0.1, 0.15) is 0 Å². The number of benzene rings is 2. The van der Waals surface area contributed by atoms with Crippen LogP contribution in [0.15, 0.2) is 58.3 Å². The molecule has 0 amide bonds. The summed E-state index contributed by atoms with van der Waals surface area (Å²) in [5, 5.41) is -0.623. The Balaban J connectivity index is 1.92.